The molecule has 3 heteroatoms. The molecule has 0 atom stereocenters. The smallest absolute Gasteiger partial charge is 0.133 e. The molecule has 14 heavy (non-hydrogen) atoms. The van der Waals surface area contributed by atoms with E-state index in [4.69, 9.17) is 10.00 Å². The fourth-order valence-corrected chi connectivity index (χ4v) is 2.16. The monoisotopic (exact) mass is 203 g/mol. The third-order valence-electron chi connectivity index (χ3n) is 2.03. The van der Waals surface area contributed by atoms with Crippen molar-refractivity contribution in [3.63, 3.8) is 0 Å². The highest BCUT2D eigenvalue weighted by Gasteiger charge is 2.15. The topological polar surface area (TPSA) is 33.0 Å². The SMILES string of the molecule is C/C(C#N)=C1\COc2ccccc2S1. The van der Waals surface area contributed by atoms with Gasteiger partial charge >= 0.3 is 0 Å². The van der Waals surface area contributed by atoms with Crippen molar-refractivity contribution in [2.24, 2.45) is 0 Å². The Labute approximate surface area is 87.2 Å². The van der Waals surface area contributed by atoms with Gasteiger partial charge in [-0.15, -0.1) is 0 Å². The second kappa shape index (κ2) is 3.77. The van der Waals surface area contributed by atoms with E-state index in [0.29, 0.717) is 6.61 Å². The molecule has 70 valence electrons. The Morgan fingerprint density at radius 3 is 3.07 bits per heavy atom. The number of ether oxygens (including phenoxy) is 1. The van der Waals surface area contributed by atoms with Crippen LogP contribution in [-0.2, 0) is 0 Å². The van der Waals surface area contributed by atoms with Gasteiger partial charge in [0.05, 0.1) is 11.0 Å². The lowest BCUT2D eigenvalue weighted by atomic mass is 10.3. The molecule has 0 N–H and O–H groups in total. The molecular weight excluding hydrogens is 194 g/mol. The first-order valence-corrected chi connectivity index (χ1v) is 5.12. The third-order valence-corrected chi connectivity index (χ3v) is 3.25. The van der Waals surface area contributed by atoms with E-state index >= 15 is 0 Å². The van der Waals surface area contributed by atoms with Gasteiger partial charge in [-0.2, -0.15) is 5.26 Å². The van der Waals surface area contributed by atoms with Gasteiger partial charge in [-0.3, -0.25) is 0 Å². The average molecular weight is 203 g/mol. The van der Waals surface area contributed by atoms with Crippen molar-refractivity contribution in [1.29, 1.82) is 5.26 Å². The van der Waals surface area contributed by atoms with Gasteiger partial charge in [-0.05, 0) is 19.1 Å². The van der Waals surface area contributed by atoms with Crippen molar-refractivity contribution in [2.75, 3.05) is 6.61 Å². The zero-order valence-electron chi connectivity index (χ0n) is 7.78. The largest absolute Gasteiger partial charge is 0.487 e. The molecule has 0 spiro atoms. The molecule has 1 aliphatic rings. The number of rotatable bonds is 0. The van der Waals surface area contributed by atoms with Crippen molar-refractivity contribution in [1.82, 2.24) is 0 Å². The van der Waals surface area contributed by atoms with Crippen LogP contribution in [0, 0.1) is 11.3 Å². The molecule has 1 heterocycles. The molecule has 0 saturated carbocycles. The number of nitrogens with zero attached hydrogens (tertiary/aromatic N) is 1. The fourth-order valence-electron chi connectivity index (χ4n) is 1.21. The first-order valence-electron chi connectivity index (χ1n) is 4.31. The van der Waals surface area contributed by atoms with Crippen LogP contribution in [0.15, 0.2) is 39.6 Å². The summed E-state index contributed by atoms with van der Waals surface area (Å²) in [7, 11) is 0. The van der Waals surface area contributed by atoms with Gasteiger partial charge in [0.1, 0.15) is 12.4 Å². The standard InChI is InChI=1S/C11H9NOS/c1-8(6-12)11-7-13-9-4-2-3-5-10(9)14-11/h2-5H,7H2,1H3/b11-8-. The van der Waals surface area contributed by atoms with Crippen LogP contribution < -0.4 is 4.74 Å². The molecule has 0 amide bonds. The number of allylic oxidation sites excluding steroid dienone is 1. The maximum absolute atomic E-state index is 8.76. The Bertz CT molecular complexity index is 431. The van der Waals surface area contributed by atoms with Crippen molar-refractivity contribution in [3.8, 4) is 11.8 Å². The minimum atomic E-state index is 0.515. The summed E-state index contributed by atoms with van der Waals surface area (Å²) in [5.74, 6) is 0.909. The van der Waals surface area contributed by atoms with Crippen LogP contribution in [0.25, 0.3) is 0 Å². The minimum Gasteiger partial charge on any atom is -0.487 e. The average Bonchev–Trinajstić information content (AvgIpc) is 2.27. The molecule has 1 aromatic carbocycles. The number of fused-ring (bicyclic) bond motifs is 1. The van der Waals surface area contributed by atoms with E-state index in [0.717, 1.165) is 21.1 Å². The molecule has 2 rings (SSSR count). The highest BCUT2D eigenvalue weighted by atomic mass is 32.2. The van der Waals surface area contributed by atoms with E-state index in [1.54, 1.807) is 11.8 Å². The highest BCUT2D eigenvalue weighted by Crippen LogP contribution is 2.39. The summed E-state index contributed by atoms with van der Waals surface area (Å²) in [6.45, 7) is 2.33. The fraction of sp³-hybridized carbons (Fsp3) is 0.182. The van der Waals surface area contributed by atoms with Crippen molar-refractivity contribution >= 4 is 11.8 Å². The van der Waals surface area contributed by atoms with Crippen molar-refractivity contribution < 1.29 is 4.74 Å². The van der Waals surface area contributed by atoms with Crippen molar-refractivity contribution in [2.45, 2.75) is 11.8 Å². The van der Waals surface area contributed by atoms with Gasteiger partial charge in [0.15, 0.2) is 0 Å². The summed E-state index contributed by atoms with van der Waals surface area (Å²) in [6, 6.07) is 10.0. The van der Waals surface area contributed by atoms with Crippen LogP contribution in [0.5, 0.6) is 5.75 Å². The number of thioether (sulfide) groups is 1. The van der Waals surface area contributed by atoms with Gasteiger partial charge in [-0.25, -0.2) is 0 Å². The number of benzene rings is 1. The predicted octanol–water partition coefficient (Wildman–Crippen LogP) is 2.97. The Balaban J connectivity index is 2.36. The first kappa shape index (κ1) is 9.17. The Kier molecular flexibility index (Phi) is 2.47. The summed E-state index contributed by atoms with van der Waals surface area (Å²) >= 11 is 1.62. The van der Waals surface area contributed by atoms with Crippen LogP contribution in [0.4, 0.5) is 0 Å². The third kappa shape index (κ3) is 1.61. The van der Waals surface area contributed by atoms with Gasteiger partial charge in [0.25, 0.3) is 0 Å². The molecule has 0 saturated heterocycles. The van der Waals surface area contributed by atoms with E-state index in [1.807, 2.05) is 31.2 Å². The zero-order valence-corrected chi connectivity index (χ0v) is 8.60. The van der Waals surface area contributed by atoms with E-state index in [9.17, 15) is 0 Å². The van der Waals surface area contributed by atoms with Crippen LogP contribution in [0.3, 0.4) is 0 Å². The maximum Gasteiger partial charge on any atom is 0.133 e. The highest BCUT2D eigenvalue weighted by molar-refractivity contribution is 8.03. The molecule has 0 bridgehead atoms. The second-order valence-corrected chi connectivity index (χ2v) is 4.13. The first-order chi connectivity index (χ1) is 6.81. The molecule has 1 aliphatic heterocycles. The second-order valence-electron chi connectivity index (χ2n) is 3.00. The molecular formula is C11H9NOS. The van der Waals surface area contributed by atoms with Crippen LogP contribution in [-0.4, -0.2) is 6.61 Å². The number of hydrogen-bond acceptors (Lipinski definition) is 3. The lowest BCUT2D eigenvalue weighted by Crippen LogP contribution is -2.06. The van der Waals surface area contributed by atoms with Crippen LogP contribution >= 0.6 is 11.8 Å². The predicted molar refractivity (Wildman–Crippen MR) is 56.1 cm³/mol. The maximum atomic E-state index is 8.76. The quantitative estimate of drug-likeness (QED) is 0.608. The molecule has 2 nitrogen and oxygen atoms in total. The Morgan fingerprint density at radius 2 is 2.29 bits per heavy atom. The summed E-state index contributed by atoms with van der Waals surface area (Å²) < 4.78 is 5.53. The molecule has 1 aromatic rings. The minimum absolute atomic E-state index is 0.515. The van der Waals surface area contributed by atoms with Crippen molar-refractivity contribution in [3.05, 3.63) is 34.7 Å². The van der Waals surface area contributed by atoms with Gasteiger partial charge in [0.2, 0.25) is 0 Å². The van der Waals surface area contributed by atoms with Gasteiger partial charge < -0.3 is 4.74 Å². The lowest BCUT2D eigenvalue weighted by molar-refractivity contribution is 0.346. The molecule has 0 aromatic heterocycles. The molecule has 0 unspecified atom stereocenters. The zero-order chi connectivity index (χ0) is 9.97. The Hall–Kier alpha value is -1.40. The number of para-hydroxylation sites is 1. The van der Waals surface area contributed by atoms with E-state index in [-0.39, 0.29) is 0 Å². The summed E-state index contributed by atoms with van der Waals surface area (Å²) in [4.78, 5) is 2.09. The number of nitriles is 1. The lowest BCUT2D eigenvalue weighted by Gasteiger charge is -2.19. The number of hydrogen-bond donors (Lipinski definition) is 0. The van der Waals surface area contributed by atoms with Gasteiger partial charge in [-0.1, -0.05) is 23.9 Å². The summed E-state index contributed by atoms with van der Waals surface area (Å²) in [5, 5.41) is 8.76. The molecule has 0 fully saturated rings. The van der Waals surface area contributed by atoms with E-state index < -0.39 is 0 Å². The van der Waals surface area contributed by atoms with E-state index in [2.05, 4.69) is 6.07 Å². The summed E-state index contributed by atoms with van der Waals surface area (Å²) in [5.41, 5.74) is 0.740. The normalized spacial score (nSPS) is 17.7. The summed E-state index contributed by atoms with van der Waals surface area (Å²) in [6.07, 6.45) is 0. The van der Waals surface area contributed by atoms with Gasteiger partial charge in [0, 0.05) is 10.5 Å². The molecule has 0 aliphatic carbocycles. The van der Waals surface area contributed by atoms with E-state index in [1.165, 1.54) is 0 Å². The Morgan fingerprint density at radius 1 is 1.50 bits per heavy atom. The molecule has 0 radical (unpaired) electrons. The van der Waals surface area contributed by atoms with Crippen LogP contribution in [0.1, 0.15) is 6.92 Å². The van der Waals surface area contributed by atoms with Crippen LogP contribution in [0.2, 0.25) is 0 Å².